The van der Waals surface area contributed by atoms with Gasteiger partial charge in [-0.25, -0.2) is 4.79 Å². The molecule has 0 radical (unpaired) electrons. The van der Waals surface area contributed by atoms with Crippen molar-refractivity contribution in [3.63, 3.8) is 0 Å². The fourth-order valence-corrected chi connectivity index (χ4v) is 6.70. The largest absolute Gasteiger partial charge is 0.872 e. The van der Waals surface area contributed by atoms with Gasteiger partial charge in [0.15, 0.2) is 14.7 Å². The van der Waals surface area contributed by atoms with E-state index >= 15 is 0 Å². The summed E-state index contributed by atoms with van der Waals surface area (Å²) >= 11 is 0. The maximum Gasteiger partial charge on any atom is 0.335 e. The molecule has 0 aliphatic carbocycles. The molecule has 4 rings (SSSR count). The van der Waals surface area contributed by atoms with Crippen LogP contribution >= 0.6 is 0 Å². The minimum atomic E-state index is -1.18. The van der Waals surface area contributed by atoms with Crippen molar-refractivity contribution in [1.82, 2.24) is 0 Å². The predicted molar refractivity (Wildman–Crippen MR) is 172 cm³/mol. The summed E-state index contributed by atoms with van der Waals surface area (Å²) < 4.78 is 6.03. The Balaban J connectivity index is 0.000000408. The number of carboxylic acid groups (broad SMARTS) is 1. The number of ether oxygens (including phenoxy) is 1. The summed E-state index contributed by atoms with van der Waals surface area (Å²) in [6.07, 6.45) is 13.5. The first-order valence-electron chi connectivity index (χ1n) is 15.2. The molecule has 0 aliphatic heterocycles. The van der Waals surface area contributed by atoms with Crippen LogP contribution in [0.15, 0.2) is 124 Å². The zero-order valence-corrected chi connectivity index (χ0v) is 25.6. The third-order valence-electron chi connectivity index (χ3n) is 6.90. The van der Waals surface area contributed by atoms with Crippen LogP contribution in [0.25, 0.3) is 0 Å². The van der Waals surface area contributed by atoms with Gasteiger partial charge in [-0.2, -0.15) is 0 Å². The monoisotopic (exact) mass is 584 g/mol. The fourth-order valence-electron chi connectivity index (χ4n) is 4.62. The van der Waals surface area contributed by atoms with Crippen LogP contribution in [-0.2, 0) is 10.9 Å². The molecule has 0 amide bonds. The van der Waals surface area contributed by atoms with Crippen LogP contribution in [0, 0.1) is 0 Å². The summed E-state index contributed by atoms with van der Waals surface area (Å²) in [6.45, 7) is 3.10. The van der Waals surface area contributed by atoms with Crippen molar-refractivity contribution in [2.45, 2.75) is 85.8 Å². The maximum absolute atomic E-state index is 10.7. The average Bonchev–Trinajstić information content (AvgIpc) is 3.02. The fraction of sp³-hybridized carbons (Fsp3) is 0.324. The van der Waals surface area contributed by atoms with E-state index in [1.54, 1.807) is 0 Å². The minimum absolute atomic E-state index is 0.0938. The van der Waals surface area contributed by atoms with Gasteiger partial charge in [-0.15, -0.1) is 0 Å². The lowest BCUT2D eigenvalue weighted by molar-refractivity contribution is -0.268. The van der Waals surface area contributed by atoms with Crippen molar-refractivity contribution in [2.75, 3.05) is 6.61 Å². The topological polar surface area (TPSA) is 69.6 Å². The summed E-state index contributed by atoms with van der Waals surface area (Å²) in [5.41, 5.74) is -0.178. The Hall–Kier alpha value is -3.70. The molecule has 5 heteroatoms. The SMILES string of the molecule is CCCCCCCCCCCCOc1ccc([S+](c2ccccc2)c2ccccc2)cc1.O=C(O)c1ccccc1[O-]. The van der Waals surface area contributed by atoms with Gasteiger partial charge in [-0.3, -0.25) is 0 Å². The van der Waals surface area contributed by atoms with Gasteiger partial charge in [0.05, 0.1) is 23.1 Å². The van der Waals surface area contributed by atoms with E-state index in [2.05, 4.69) is 91.9 Å². The minimum Gasteiger partial charge on any atom is -0.872 e. The molecule has 1 N–H and O–H groups in total. The van der Waals surface area contributed by atoms with Gasteiger partial charge in [-0.05, 0) is 61.0 Å². The lowest BCUT2D eigenvalue weighted by atomic mass is 10.1. The standard InChI is InChI=1S/C30H39OS.C7H6O3/c1-2-3-4-5-6-7-8-9-10-17-26-31-27-22-24-30(25-23-27)32(28-18-13-11-14-19-28)29-20-15-12-16-21-29;8-6-4-2-1-3-5(6)7(9)10/h11-16,18-25H,2-10,17,26H2,1H3;1-4,8H,(H,9,10)/q+1;/p-1. The molecule has 4 aromatic rings. The van der Waals surface area contributed by atoms with Gasteiger partial charge in [0.1, 0.15) is 5.75 Å². The molecular weight excluding hydrogens is 540 g/mol. The highest BCUT2D eigenvalue weighted by atomic mass is 32.2. The highest BCUT2D eigenvalue weighted by Gasteiger charge is 2.28. The number of hydrogen-bond donors (Lipinski definition) is 1. The molecule has 0 bridgehead atoms. The molecule has 0 saturated heterocycles. The van der Waals surface area contributed by atoms with Crippen molar-refractivity contribution in [3.8, 4) is 11.5 Å². The number of carboxylic acids is 1. The second kappa shape index (κ2) is 19.4. The second-order valence-corrected chi connectivity index (χ2v) is 12.3. The molecule has 0 saturated carbocycles. The Bertz CT molecular complexity index is 1240. The van der Waals surface area contributed by atoms with Gasteiger partial charge < -0.3 is 14.9 Å². The van der Waals surface area contributed by atoms with Crippen molar-refractivity contribution in [3.05, 3.63) is 115 Å². The Kier molecular flexibility index (Phi) is 15.2. The normalized spacial score (nSPS) is 10.6. The summed E-state index contributed by atoms with van der Waals surface area (Å²) in [5, 5.41) is 19.0. The highest BCUT2D eigenvalue weighted by Crippen LogP contribution is 2.32. The second-order valence-electron chi connectivity index (χ2n) is 10.2. The van der Waals surface area contributed by atoms with E-state index in [0.29, 0.717) is 0 Å². The lowest BCUT2D eigenvalue weighted by Crippen LogP contribution is -2.04. The number of hydrogen-bond acceptors (Lipinski definition) is 3. The number of para-hydroxylation sites is 1. The van der Waals surface area contributed by atoms with E-state index in [1.165, 1.54) is 96.7 Å². The third kappa shape index (κ3) is 11.7. The van der Waals surface area contributed by atoms with E-state index in [-0.39, 0.29) is 16.5 Å². The first-order chi connectivity index (χ1) is 20.6. The average molecular weight is 585 g/mol. The molecule has 222 valence electrons. The van der Waals surface area contributed by atoms with E-state index in [9.17, 15) is 9.90 Å². The van der Waals surface area contributed by atoms with E-state index < -0.39 is 11.7 Å². The van der Waals surface area contributed by atoms with Gasteiger partial charge in [0.2, 0.25) is 0 Å². The van der Waals surface area contributed by atoms with Gasteiger partial charge >= 0.3 is 5.97 Å². The number of unbranched alkanes of at least 4 members (excludes halogenated alkanes) is 9. The predicted octanol–water partition coefficient (Wildman–Crippen LogP) is 9.54. The molecule has 0 fully saturated rings. The van der Waals surface area contributed by atoms with Crippen LogP contribution in [0.3, 0.4) is 0 Å². The molecule has 0 aliphatic rings. The zero-order chi connectivity index (χ0) is 29.8. The molecule has 4 nitrogen and oxygen atoms in total. The Morgan fingerprint density at radius 3 is 1.55 bits per heavy atom. The number of carbonyl (C=O) groups is 1. The summed E-state index contributed by atoms with van der Waals surface area (Å²) in [5.74, 6) is -0.644. The molecule has 0 aromatic heterocycles. The Morgan fingerprint density at radius 1 is 0.619 bits per heavy atom. The van der Waals surface area contributed by atoms with E-state index in [4.69, 9.17) is 9.84 Å². The van der Waals surface area contributed by atoms with E-state index in [0.717, 1.165) is 18.8 Å². The van der Waals surface area contributed by atoms with Gasteiger partial charge in [0, 0.05) is 0 Å². The van der Waals surface area contributed by atoms with Crippen LogP contribution in [0.5, 0.6) is 11.5 Å². The summed E-state index contributed by atoms with van der Waals surface area (Å²) in [6, 6.07) is 35.9. The molecule has 0 atom stereocenters. The maximum atomic E-state index is 10.7. The highest BCUT2D eigenvalue weighted by molar-refractivity contribution is 7.97. The third-order valence-corrected chi connectivity index (χ3v) is 9.13. The van der Waals surface area contributed by atoms with Crippen molar-refractivity contribution >= 4 is 16.9 Å². The molecule has 4 aromatic carbocycles. The molecule has 0 heterocycles. The molecule has 0 spiro atoms. The van der Waals surface area contributed by atoms with Crippen LogP contribution < -0.4 is 9.84 Å². The van der Waals surface area contributed by atoms with Crippen LogP contribution in [0.1, 0.15) is 81.5 Å². The van der Waals surface area contributed by atoms with E-state index in [1.807, 2.05) is 0 Å². The first kappa shape index (κ1) is 32.8. The number of benzene rings is 4. The summed E-state index contributed by atoms with van der Waals surface area (Å²) in [7, 11) is -0.0938. The van der Waals surface area contributed by atoms with Crippen molar-refractivity contribution < 1.29 is 19.7 Å². The van der Waals surface area contributed by atoms with Crippen molar-refractivity contribution in [1.29, 1.82) is 0 Å². The molecule has 42 heavy (non-hydrogen) atoms. The number of rotatable bonds is 16. The quantitative estimate of drug-likeness (QED) is 0.105. The van der Waals surface area contributed by atoms with Crippen LogP contribution in [-0.4, -0.2) is 17.7 Å². The summed E-state index contributed by atoms with van der Waals surface area (Å²) in [4.78, 5) is 14.2. The Morgan fingerprint density at radius 2 is 1.07 bits per heavy atom. The Labute approximate surface area is 254 Å². The van der Waals surface area contributed by atoms with Gasteiger partial charge in [0.25, 0.3) is 0 Å². The molecule has 0 unspecified atom stereocenters. The van der Waals surface area contributed by atoms with Crippen LogP contribution in [0.4, 0.5) is 0 Å². The zero-order valence-electron chi connectivity index (χ0n) is 24.8. The smallest absolute Gasteiger partial charge is 0.335 e. The molecular formula is C37H44O4S. The first-order valence-corrected chi connectivity index (χ1v) is 16.4. The van der Waals surface area contributed by atoms with Crippen molar-refractivity contribution in [2.24, 2.45) is 0 Å². The van der Waals surface area contributed by atoms with Crippen LogP contribution in [0.2, 0.25) is 0 Å². The van der Waals surface area contributed by atoms with Gasteiger partial charge in [-0.1, -0.05) is 125 Å². The lowest BCUT2D eigenvalue weighted by Gasteiger charge is -2.10. The number of aromatic carboxylic acids is 1.